The monoisotopic (exact) mass is 296 g/mol. The van der Waals surface area contributed by atoms with Crippen molar-refractivity contribution in [3.8, 4) is 5.75 Å². The van der Waals surface area contributed by atoms with Gasteiger partial charge in [-0.1, -0.05) is 22.0 Å². The van der Waals surface area contributed by atoms with Crippen LogP contribution in [0.3, 0.4) is 0 Å². The number of ether oxygens (including phenoxy) is 1. The first kappa shape index (κ1) is 12.1. The molecule has 1 N–H and O–H groups in total. The van der Waals surface area contributed by atoms with Gasteiger partial charge in [-0.25, -0.2) is 4.98 Å². The van der Waals surface area contributed by atoms with Crippen molar-refractivity contribution >= 4 is 15.9 Å². The van der Waals surface area contributed by atoms with Crippen LogP contribution in [0.25, 0.3) is 0 Å². The van der Waals surface area contributed by atoms with Crippen LogP contribution in [-0.4, -0.2) is 21.3 Å². The van der Waals surface area contributed by atoms with Gasteiger partial charge >= 0.3 is 0 Å². The average Bonchev–Trinajstić information content (AvgIpc) is 2.77. The summed E-state index contributed by atoms with van der Waals surface area (Å²) >= 11 is 3.39. The third-order valence-corrected chi connectivity index (χ3v) is 2.76. The van der Waals surface area contributed by atoms with Gasteiger partial charge < -0.3 is 14.4 Å². The van der Waals surface area contributed by atoms with E-state index in [9.17, 15) is 0 Å². The van der Waals surface area contributed by atoms with E-state index in [1.54, 1.807) is 6.33 Å². The Labute approximate surface area is 108 Å². The second-order valence-electron chi connectivity index (χ2n) is 3.57. The third-order valence-electron chi connectivity index (χ3n) is 2.26. The minimum atomic E-state index is -0.0283. The molecule has 0 atom stereocenters. The van der Waals surface area contributed by atoms with E-state index in [1.165, 1.54) is 0 Å². The number of halogens is 1. The van der Waals surface area contributed by atoms with Crippen molar-refractivity contribution in [2.45, 2.75) is 13.2 Å². The van der Waals surface area contributed by atoms with E-state index >= 15 is 0 Å². The van der Waals surface area contributed by atoms with Gasteiger partial charge in [-0.2, -0.15) is 0 Å². The molecular formula is C12H13BrN2O2. The summed E-state index contributed by atoms with van der Waals surface area (Å²) < 4.78 is 8.49. The largest absolute Gasteiger partial charge is 0.492 e. The minimum absolute atomic E-state index is 0.0283. The summed E-state index contributed by atoms with van der Waals surface area (Å²) in [6, 6.07) is 7.72. The number of rotatable bonds is 5. The molecule has 0 saturated carbocycles. The first-order valence-corrected chi connectivity index (χ1v) is 6.07. The van der Waals surface area contributed by atoms with Gasteiger partial charge in [0, 0.05) is 10.7 Å². The molecule has 1 aromatic heterocycles. The normalized spacial score (nSPS) is 10.5. The van der Waals surface area contributed by atoms with Crippen LogP contribution in [0.2, 0.25) is 0 Å². The van der Waals surface area contributed by atoms with E-state index in [4.69, 9.17) is 9.84 Å². The average molecular weight is 297 g/mol. The summed E-state index contributed by atoms with van der Waals surface area (Å²) in [7, 11) is 0. The van der Waals surface area contributed by atoms with Crippen molar-refractivity contribution in [1.82, 2.24) is 9.55 Å². The summed E-state index contributed by atoms with van der Waals surface area (Å²) in [6.45, 7) is 1.25. The SMILES string of the molecule is OCc1cn(CCOc2cccc(Br)c2)cn1. The number of imidazole rings is 1. The van der Waals surface area contributed by atoms with Gasteiger partial charge in [0.2, 0.25) is 0 Å². The Hall–Kier alpha value is -1.33. The molecule has 0 aliphatic heterocycles. The first-order chi connectivity index (χ1) is 8.28. The molecule has 2 aromatic rings. The molecule has 0 unspecified atom stereocenters. The smallest absolute Gasteiger partial charge is 0.120 e. The Balaban J connectivity index is 1.83. The predicted molar refractivity (Wildman–Crippen MR) is 67.8 cm³/mol. The highest BCUT2D eigenvalue weighted by Crippen LogP contribution is 2.17. The molecule has 0 bridgehead atoms. The van der Waals surface area contributed by atoms with Gasteiger partial charge in [-0.05, 0) is 18.2 Å². The Bertz CT molecular complexity index is 485. The number of hydrogen-bond donors (Lipinski definition) is 1. The third kappa shape index (κ3) is 3.57. The standard InChI is InChI=1S/C12H13BrN2O2/c13-10-2-1-3-12(6-10)17-5-4-15-7-11(8-16)14-9-15/h1-3,6-7,9,16H,4-5,8H2. The van der Waals surface area contributed by atoms with Gasteiger partial charge in [0.1, 0.15) is 12.4 Å². The zero-order chi connectivity index (χ0) is 12.1. The lowest BCUT2D eigenvalue weighted by atomic mass is 10.3. The first-order valence-electron chi connectivity index (χ1n) is 5.28. The predicted octanol–water partition coefficient (Wildman–Crippen LogP) is 2.22. The molecule has 0 aliphatic carbocycles. The Morgan fingerprint density at radius 1 is 1.41 bits per heavy atom. The number of hydrogen-bond acceptors (Lipinski definition) is 3. The lowest BCUT2D eigenvalue weighted by Crippen LogP contribution is -2.06. The van der Waals surface area contributed by atoms with Crippen LogP contribution in [-0.2, 0) is 13.2 Å². The molecule has 0 saturated heterocycles. The van der Waals surface area contributed by atoms with Gasteiger partial charge in [0.25, 0.3) is 0 Å². The molecule has 17 heavy (non-hydrogen) atoms. The highest BCUT2D eigenvalue weighted by atomic mass is 79.9. The lowest BCUT2D eigenvalue weighted by Gasteiger charge is -2.06. The summed E-state index contributed by atoms with van der Waals surface area (Å²) in [5, 5.41) is 8.87. The summed E-state index contributed by atoms with van der Waals surface area (Å²) in [5.41, 5.74) is 0.674. The molecule has 2 rings (SSSR count). The van der Waals surface area contributed by atoms with Gasteiger partial charge in [-0.15, -0.1) is 0 Å². The van der Waals surface area contributed by atoms with Crippen molar-refractivity contribution < 1.29 is 9.84 Å². The fourth-order valence-corrected chi connectivity index (χ4v) is 1.81. The Morgan fingerprint density at radius 3 is 3.00 bits per heavy atom. The molecule has 4 nitrogen and oxygen atoms in total. The molecule has 0 amide bonds. The zero-order valence-electron chi connectivity index (χ0n) is 9.21. The van der Waals surface area contributed by atoms with Crippen LogP contribution in [0, 0.1) is 0 Å². The van der Waals surface area contributed by atoms with Crippen LogP contribution in [0.15, 0.2) is 41.3 Å². The fourth-order valence-electron chi connectivity index (χ4n) is 1.44. The maximum absolute atomic E-state index is 8.87. The number of nitrogens with zero attached hydrogens (tertiary/aromatic N) is 2. The van der Waals surface area contributed by atoms with Crippen molar-refractivity contribution in [3.05, 3.63) is 47.0 Å². The number of aliphatic hydroxyl groups excluding tert-OH is 1. The minimum Gasteiger partial charge on any atom is -0.492 e. The summed E-state index contributed by atoms with van der Waals surface area (Å²) in [4.78, 5) is 4.02. The van der Waals surface area contributed by atoms with Gasteiger partial charge in [0.15, 0.2) is 0 Å². The quantitative estimate of drug-likeness (QED) is 0.920. The molecule has 0 spiro atoms. The number of aliphatic hydroxyl groups is 1. The van der Waals surface area contributed by atoms with Gasteiger partial charge in [-0.3, -0.25) is 0 Å². The maximum Gasteiger partial charge on any atom is 0.120 e. The van der Waals surface area contributed by atoms with E-state index < -0.39 is 0 Å². The zero-order valence-corrected chi connectivity index (χ0v) is 10.8. The van der Waals surface area contributed by atoms with Crippen LogP contribution < -0.4 is 4.74 Å². The van der Waals surface area contributed by atoms with Crippen LogP contribution in [0.1, 0.15) is 5.69 Å². The second kappa shape index (κ2) is 5.84. The van der Waals surface area contributed by atoms with E-state index in [2.05, 4.69) is 20.9 Å². The van der Waals surface area contributed by atoms with E-state index in [0.29, 0.717) is 18.8 Å². The second-order valence-corrected chi connectivity index (χ2v) is 4.48. The molecular weight excluding hydrogens is 284 g/mol. The van der Waals surface area contributed by atoms with Crippen LogP contribution in [0.5, 0.6) is 5.75 Å². The molecule has 0 radical (unpaired) electrons. The lowest BCUT2D eigenvalue weighted by molar-refractivity contribution is 0.276. The molecule has 5 heteroatoms. The Morgan fingerprint density at radius 2 is 2.29 bits per heavy atom. The van der Waals surface area contributed by atoms with Crippen molar-refractivity contribution in [3.63, 3.8) is 0 Å². The molecule has 0 aliphatic rings. The van der Waals surface area contributed by atoms with Gasteiger partial charge in [0.05, 0.1) is 25.2 Å². The van der Waals surface area contributed by atoms with Crippen LogP contribution >= 0.6 is 15.9 Å². The van der Waals surface area contributed by atoms with Crippen molar-refractivity contribution in [2.75, 3.05) is 6.61 Å². The molecule has 1 heterocycles. The highest BCUT2D eigenvalue weighted by Gasteiger charge is 1.98. The number of aromatic nitrogens is 2. The van der Waals surface area contributed by atoms with Crippen molar-refractivity contribution in [1.29, 1.82) is 0 Å². The maximum atomic E-state index is 8.87. The van der Waals surface area contributed by atoms with E-state index in [0.717, 1.165) is 10.2 Å². The van der Waals surface area contributed by atoms with E-state index in [-0.39, 0.29) is 6.61 Å². The highest BCUT2D eigenvalue weighted by molar-refractivity contribution is 9.10. The van der Waals surface area contributed by atoms with Crippen molar-refractivity contribution in [2.24, 2.45) is 0 Å². The molecule has 0 fully saturated rings. The fraction of sp³-hybridized carbons (Fsp3) is 0.250. The van der Waals surface area contributed by atoms with Crippen LogP contribution in [0.4, 0.5) is 0 Å². The molecule has 90 valence electrons. The summed E-state index contributed by atoms with van der Waals surface area (Å²) in [6.07, 6.45) is 3.50. The number of benzene rings is 1. The Kier molecular flexibility index (Phi) is 4.17. The summed E-state index contributed by atoms with van der Waals surface area (Å²) in [5.74, 6) is 0.835. The topological polar surface area (TPSA) is 47.3 Å². The molecule has 1 aromatic carbocycles. The van der Waals surface area contributed by atoms with E-state index in [1.807, 2.05) is 35.0 Å².